The summed E-state index contributed by atoms with van der Waals surface area (Å²) in [5.74, 6) is 0. The smallest absolute Gasteiger partial charge is 0.0138 e. The highest BCUT2D eigenvalue weighted by Gasteiger charge is 1.70. The molecule has 0 aromatic rings. The molecule has 10 heavy (non-hydrogen) atoms. The number of allylic oxidation sites excluding steroid dienone is 3. The van der Waals surface area contributed by atoms with Crippen molar-refractivity contribution in [1.29, 1.82) is 0 Å². The zero-order valence-corrected chi connectivity index (χ0v) is 6.93. The van der Waals surface area contributed by atoms with E-state index in [1.54, 1.807) is 0 Å². The third-order valence-electron chi connectivity index (χ3n) is 1.09. The normalized spacial score (nSPS) is 11.4. The Labute approximate surface area is 63.8 Å². The van der Waals surface area contributed by atoms with Crippen LogP contribution in [0.25, 0.3) is 0 Å². The van der Waals surface area contributed by atoms with Gasteiger partial charge in [0.1, 0.15) is 0 Å². The zero-order valence-electron chi connectivity index (χ0n) is 6.93. The lowest BCUT2D eigenvalue weighted by Crippen LogP contribution is -2.04. The maximum absolute atomic E-state index is 3.16. The Morgan fingerprint density at radius 2 is 2.00 bits per heavy atom. The van der Waals surface area contributed by atoms with Crippen LogP contribution in [0.3, 0.4) is 0 Å². The molecule has 1 nitrogen and oxygen atoms in total. The maximum atomic E-state index is 3.16. The fourth-order valence-corrected chi connectivity index (χ4v) is 0.566. The molecule has 0 heterocycles. The molecule has 0 saturated heterocycles. The van der Waals surface area contributed by atoms with Crippen LogP contribution in [0.15, 0.2) is 24.4 Å². The van der Waals surface area contributed by atoms with E-state index < -0.39 is 0 Å². The SMILES string of the molecule is CCC=CC=CNCCC. The Morgan fingerprint density at radius 1 is 1.20 bits per heavy atom. The van der Waals surface area contributed by atoms with Crippen molar-refractivity contribution in [2.45, 2.75) is 26.7 Å². The van der Waals surface area contributed by atoms with Gasteiger partial charge in [0.05, 0.1) is 0 Å². The van der Waals surface area contributed by atoms with E-state index in [4.69, 9.17) is 0 Å². The van der Waals surface area contributed by atoms with Crippen LogP contribution >= 0.6 is 0 Å². The van der Waals surface area contributed by atoms with Gasteiger partial charge in [0.2, 0.25) is 0 Å². The Bertz CT molecular complexity index is 103. The van der Waals surface area contributed by atoms with Gasteiger partial charge in [0.15, 0.2) is 0 Å². The lowest BCUT2D eigenvalue weighted by atomic mass is 10.4. The molecular weight excluding hydrogens is 122 g/mol. The van der Waals surface area contributed by atoms with Crippen LogP contribution in [0.5, 0.6) is 0 Å². The summed E-state index contributed by atoms with van der Waals surface area (Å²) in [7, 11) is 0. The minimum Gasteiger partial charge on any atom is -0.391 e. The molecule has 1 heteroatoms. The van der Waals surface area contributed by atoms with Crippen LogP contribution in [0.4, 0.5) is 0 Å². The molecule has 0 spiro atoms. The second kappa shape index (κ2) is 8.28. The monoisotopic (exact) mass is 139 g/mol. The van der Waals surface area contributed by atoms with Gasteiger partial charge < -0.3 is 5.32 Å². The standard InChI is InChI=1S/C9H17N/c1-3-5-6-7-9-10-8-4-2/h5-7,9-10H,3-4,8H2,1-2H3. The largest absolute Gasteiger partial charge is 0.391 e. The Hall–Kier alpha value is -0.720. The second-order valence-electron chi connectivity index (χ2n) is 2.15. The van der Waals surface area contributed by atoms with Crippen molar-refractivity contribution in [1.82, 2.24) is 5.32 Å². The van der Waals surface area contributed by atoms with Gasteiger partial charge in [0.25, 0.3) is 0 Å². The van der Waals surface area contributed by atoms with Gasteiger partial charge in [0, 0.05) is 6.54 Å². The van der Waals surface area contributed by atoms with E-state index in [-0.39, 0.29) is 0 Å². The van der Waals surface area contributed by atoms with Crippen molar-refractivity contribution in [3.05, 3.63) is 24.4 Å². The fourth-order valence-electron chi connectivity index (χ4n) is 0.566. The number of hydrogen-bond acceptors (Lipinski definition) is 1. The predicted octanol–water partition coefficient (Wildman–Crippen LogP) is 2.47. The first kappa shape index (κ1) is 9.28. The van der Waals surface area contributed by atoms with Crippen molar-refractivity contribution in [3.63, 3.8) is 0 Å². The summed E-state index contributed by atoms with van der Waals surface area (Å²) in [5.41, 5.74) is 0. The molecule has 0 aliphatic heterocycles. The predicted molar refractivity (Wildman–Crippen MR) is 46.9 cm³/mol. The highest BCUT2D eigenvalue weighted by molar-refractivity contribution is 5.00. The highest BCUT2D eigenvalue weighted by Crippen LogP contribution is 1.80. The summed E-state index contributed by atoms with van der Waals surface area (Å²) in [5, 5.41) is 3.16. The van der Waals surface area contributed by atoms with Crippen LogP contribution < -0.4 is 5.32 Å². The van der Waals surface area contributed by atoms with Gasteiger partial charge in [-0.2, -0.15) is 0 Å². The summed E-state index contributed by atoms with van der Waals surface area (Å²) in [4.78, 5) is 0. The van der Waals surface area contributed by atoms with Crippen molar-refractivity contribution in [2.24, 2.45) is 0 Å². The molecule has 0 unspecified atom stereocenters. The van der Waals surface area contributed by atoms with Crippen LogP contribution in [-0.2, 0) is 0 Å². The van der Waals surface area contributed by atoms with E-state index in [1.165, 1.54) is 6.42 Å². The van der Waals surface area contributed by atoms with Crippen LogP contribution in [0.2, 0.25) is 0 Å². The van der Waals surface area contributed by atoms with Crippen molar-refractivity contribution in [2.75, 3.05) is 6.54 Å². The van der Waals surface area contributed by atoms with Gasteiger partial charge in [-0.05, 0) is 25.1 Å². The topological polar surface area (TPSA) is 12.0 Å². The van der Waals surface area contributed by atoms with Crippen molar-refractivity contribution in [3.8, 4) is 0 Å². The van der Waals surface area contributed by atoms with Crippen LogP contribution in [-0.4, -0.2) is 6.54 Å². The lowest BCUT2D eigenvalue weighted by molar-refractivity contribution is 0.809. The maximum Gasteiger partial charge on any atom is 0.0138 e. The Balaban J connectivity index is 3.11. The molecule has 0 rings (SSSR count). The zero-order chi connectivity index (χ0) is 7.66. The van der Waals surface area contributed by atoms with E-state index in [0.717, 1.165) is 13.0 Å². The molecule has 0 aromatic carbocycles. The number of rotatable bonds is 5. The van der Waals surface area contributed by atoms with E-state index in [9.17, 15) is 0 Å². The van der Waals surface area contributed by atoms with Gasteiger partial charge >= 0.3 is 0 Å². The first-order valence-corrected chi connectivity index (χ1v) is 3.96. The first-order chi connectivity index (χ1) is 4.91. The number of nitrogens with one attached hydrogen (secondary N) is 1. The third-order valence-corrected chi connectivity index (χ3v) is 1.09. The molecule has 0 aromatic heterocycles. The van der Waals surface area contributed by atoms with E-state index >= 15 is 0 Å². The van der Waals surface area contributed by atoms with Crippen LogP contribution in [0, 0.1) is 0 Å². The van der Waals surface area contributed by atoms with E-state index in [2.05, 4.69) is 31.3 Å². The lowest BCUT2D eigenvalue weighted by Gasteiger charge is -1.91. The van der Waals surface area contributed by atoms with E-state index in [0.29, 0.717) is 0 Å². The van der Waals surface area contributed by atoms with Crippen molar-refractivity contribution >= 4 is 0 Å². The summed E-state index contributed by atoms with van der Waals surface area (Å²) < 4.78 is 0. The van der Waals surface area contributed by atoms with Crippen molar-refractivity contribution < 1.29 is 0 Å². The molecule has 0 fully saturated rings. The molecule has 0 amide bonds. The summed E-state index contributed by atoms with van der Waals surface area (Å²) in [6.45, 7) is 5.35. The van der Waals surface area contributed by atoms with Gasteiger partial charge in [-0.25, -0.2) is 0 Å². The molecule has 0 radical (unpaired) electrons. The highest BCUT2D eigenvalue weighted by atomic mass is 14.8. The average Bonchev–Trinajstić information content (AvgIpc) is 1.97. The van der Waals surface area contributed by atoms with Gasteiger partial charge in [-0.1, -0.05) is 26.0 Å². The Morgan fingerprint density at radius 3 is 2.60 bits per heavy atom. The molecular formula is C9H17N. The first-order valence-electron chi connectivity index (χ1n) is 3.96. The Kier molecular flexibility index (Phi) is 7.68. The molecule has 0 aliphatic carbocycles. The minimum atomic E-state index is 1.07. The molecule has 1 N–H and O–H groups in total. The summed E-state index contributed by atoms with van der Waals surface area (Å²) >= 11 is 0. The van der Waals surface area contributed by atoms with E-state index in [1.807, 2.05) is 12.3 Å². The minimum absolute atomic E-state index is 1.07. The average molecular weight is 139 g/mol. The third kappa shape index (κ3) is 7.28. The molecule has 58 valence electrons. The quantitative estimate of drug-likeness (QED) is 0.455. The molecule has 0 bridgehead atoms. The molecule has 0 saturated carbocycles. The van der Waals surface area contributed by atoms with Gasteiger partial charge in [-0.3, -0.25) is 0 Å². The molecule has 0 atom stereocenters. The fraction of sp³-hybridized carbons (Fsp3) is 0.556. The van der Waals surface area contributed by atoms with Gasteiger partial charge in [-0.15, -0.1) is 0 Å². The summed E-state index contributed by atoms with van der Waals surface area (Å²) in [6.07, 6.45) is 10.5. The number of hydrogen-bond donors (Lipinski definition) is 1. The summed E-state index contributed by atoms with van der Waals surface area (Å²) in [6, 6.07) is 0. The second-order valence-corrected chi connectivity index (χ2v) is 2.15. The van der Waals surface area contributed by atoms with Crippen LogP contribution in [0.1, 0.15) is 26.7 Å². The molecule has 0 aliphatic rings.